The fourth-order valence-electron chi connectivity index (χ4n) is 4.15. The number of amides is 5. The third-order valence-electron chi connectivity index (χ3n) is 6.40. The van der Waals surface area contributed by atoms with Crippen LogP contribution < -0.4 is 25.8 Å². The second-order valence-corrected chi connectivity index (χ2v) is 12.2. The molecular formula is C32H22BrN5O7S2. The standard InChI is InChI=1S/C32H22BrN5O7S2/c33-22-7-3-20(4-8-22)28(41)35-31(44)37-36-29(42)21-13-14-34-25(16-21)19-5-9-23(10-6-19)38-30(43)26(47-32(38)46)15-18-1-11-24(12-2-18)45-17-27(39)40/h1-16H,17H2,(H,36,42)(H,39,40)(H2,35,37,41,44)/b26-15-. The number of imide groups is 1. The number of urea groups is 1. The molecule has 1 aliphatic heterocycles. The van der Waals surface area contributed by atoms with Gasteiger partial charge in [0, 0.05) is 27.4 Å². The van der Waals surface area contributed by atoms with Crippen molar-refractivity contribution in [2.75, 3.05) is 11.5 Å². The Hall–Kier alpha value is -5.38. The maximum absolute atomic E-state index is 13.2. The van der Waals surface area contributed by atoms with E-state index in [0.29, 0.717) is 37.5 Å². The number of hydrogen-bond donors (Lipinski definition) is 4. The summed E-state index contributed by atoms with van der Waals surface area (Å²) in [4.78, 5) is 67.1. The van der Waals surface area contributed by atoms with Gasteiger partial charge in [-0.3, -0.25) is 35.0 Å². The summed E-state index contributed by atoms with van der Waals surface area (Å²) in [6.07, 6.45) is 3.13. The van der Waals surface area contributed by atoms with Gasteiger partial charge in [-0.2, -0.15) is 0 Å². The van der Waals surface area contributed by atoms with E-state index in [4.69, 9.17) is 22.1 Å². The van der Waals surface area contributed by atoms with Gasteiger partial charge in [-0.05, 0) is 72.3 Å². The summed E-state index contributed by atoms with van der Waals surface area (Å²) >= 11 is 9.90. The van der Waals surface area contributed by atoms with Crippen LogP contribution in [0.3, 0.4) is 0 Å². The third-order valence-corrected chi connectivity index (χ3v) is 8.23. The summed E-state index contributed by atoms with van der Waals surface area (Å²) in [5.41, 5.74) is 7.22. The van der Waals surface area contributed by atoms with Crippen molar-refractivity contribution in [1.29, 1.82) is 0 Å². The lowest BCUT2D eigenvalue weighted by molar-refractivity contribution is -0.139. The van der Waals surface area contributed by atoms with Crippen LogP contribution >= 0.6 is 39.9 Å². The number of anilines is 1. The molecule has 15 heteroatoms. The first-order chi connectivity index (χ1) is 22.6. The largest absolute Gasteiger partial charge is 0.482 e. The molecule has 3 aromatic carbocycles. The van der Waals surface area contributed by atoms with Crippen molar-refractivity contribution < 1.29 is 33.8 Å². The number of rotatable bonds is 8. The Balaban J connectivity index is 1.19. The van der Waals surface area contributed by atoms with Gasteiger partial charge in [0.2, 0.25) is 0 Å². The number of benzene rings is 3. The van der Waals surface area contributed by atoms with Gasteiger partial charge < -0.3 is 9.84 Å². The molecule has 2 heterocycles. The lowest BCUT2D eigenvalue weighted by Gasteiger charge is -2.15. The molecule has 0 unspecified atom stereocenters. The van der Waals surface area contributed by atoms with E-state index in [2.05, 4.69) is 37.1 Å². The summed E-state index contributed by atoms with van der Waals surface area (Å²) < 4.78 is 6.26. The zero-order valence-corrected chi connectivity index (χ0v) is 27.1. The van der Waals surface area contributed by atoms with Crippen molar-refractivity contribution in [1.82, 2.24) is 21.2 Å². The summed E-state index contributed by atoms with van der Waals surface area (Å²) in [5, 5.41) is 10.9. The van der Waals surface area contributed by atoms with Crippen molar-refractivity contribution in [3.8, 4) is 17.0 Å². The zero-order valence-electron chi connectivity index (χ0n) is 23.9. The quantitative estimate of drug-likeness (QED) is 0.108. The average molecular weight is 733 g/mol. The normalized spacial score (nSPS) is 13.3. The maximum Gasteiger partial charge on any atom is 0.341 e. The van der Waals surface area contributed by atoms with E-state index in [1.165, 1.54) is 35.4 Å². The minimum absolute atomic E-state index is 0.196. The molecule has 1 aromatic heterocycles. The van der Waals surface area contributed by atoms with E-state index in [0.717, 1.165) is 16.2 Å². The number of carboxylic acid groups (broad SMARTS) is 1. The first-order valence-corrected chi connectivity index (χ1v) is 15.6. The molecule has 1 aliphatic rings. The number of carbonyl (C=O) groups excluding carboxylic acids is 4. The number of aromatic nitrogens is 1. The van der Waals surface area contributed by atoms with Gasteiger partial charge in [0.05, 0.1) is 16.3 Å². The van der Waals surface area contributed by atoms with Crippen LogP contribution in [0.15, 0.2) is 101 Å². The molecule has 0 saturated carbocycles. The Morgan fingerprint density at radius 1 is 0.915 bits per heavy atom. The lowest BCUT2D eigenvalue weighted by Crippen LogP contribution is -2.48. The fraction of sp³-hybridized carbons (Fsp3) is 0.0312. The predicted molar refractivity (Wildman–Crippen MR) is 183 cm³/mol. The van der Waals surface area contributed by atoms with Gasteiger partial charge in [0.15, 0.2) is 10.9 Å². The summed E-state index contributed by atoms with van der Waals surface area (Å²) in [6.45, 7) is -0.454. The first kappa shape index (κ1) is 33.0. The topological polar surface area (TPSA) is 167 Å². The molecular weight excluding hydrogens is 710 g/mol. The molecule has 12 nitrogen and oxygen atoms in total. The van der Waals surface area contributed by atoms with Gasteiger partial charge >= 0.3 is 12.0 Å². The van der Waals surface area contributed by atoms with Crippen LogP contribution in [-0.4, -0.2) is 50.7 Å². The Labute approximate surface area is 285 Å². The highest BCUT2D eigenvalue weighted by Gasteiger charge is 2.33. The van der Waals surface area contributed by atoms with Gasteiger partial charge in [-0.1, -0.05) is 64.2 Å². The van der Waals surface area contributed by atoms with Gasteiger partial charge in [-0.25, -0.2) is 15.0 Å². The second-order valence-electron chi connectivity index (χ2n) is 9.61. The number of carbonyl (C=O) groups is 5. The zero-order chi connectivity index (χ0) is 33.5. The number of halogens is 1. The highest BCUT2D eigenvalue weighted by Crippen LogP contribution is 2.36. The number of ether oxygens (including phenoxy) is 1. The van der Waals surface area contributed by atoms with Crippen LogP contribution in [-0.2, 0) is 9.59 Å². The lowest BCUT2D eigenvalue weighted by atomic mass is 10.1. The molecule has 0 aliphatic carbocycles. The van der Waals surface area contributed by atoms with Crippen LogP contribution in [0.1, 0.15) is 26.3 Å². The van der Waals surface area contributed by atoms with Crippen LogP contribution in [0.2, 0.25) is 0 Å². The van der Waals surface area contributed by atoms with E-state index >= 15 is 0 Å². The van der Waals surface area contributed by atoms with Gasteiger partial charge in [-0.15, -0.1) is 0 Å². The summed E-state index contributed by atoms with van der Waals surface area (Å²) in [7, 11) is 0. The number of hydrazine groups is 1. The Bertz CT molecular complexity index is 1920. The van der Waals surface area contributed by atoms with Gasteiger partial charge in [0.25, 0.3) is 17.7 Å². The molecule has 1 fully saturated rings. The molecule has 0 radical (unpaired) electrons. The van der Waals surface area contributed by atoms with Crippen molar-refractivity contribution >= 4 is 85.7 Å². The minimum atomic E-state index is -1.08. The van der Waals surface area contributed by atoms with Crippen LogP contribution in [0.4, 0.5) is 10.5 Å². The van der Waals surface area contributed by atoms with Crippen LogP contribution in [0.25, 0.3) is 17.3 Å². The van der Waals surface area contributed by atoms with E-state index in [9.17, 15) is 24.0 Å². The van der Waals surface area contributed by atoms with E-state index in [1.54, 1.807) is 66.7 Å². The number of carboxylic acids is 1. The van der Waals surface area contributed by atoms with Crippen LogP contribution in [0, 0.1) is 0 Å². The number of nitrogens with one attached hydrogen (secondary N) is 3. The molecule has 236 valence electrons. The van der Waals surface area contributed by atoms with E-state index in [-0.39, 0.29) is 17.0 Å². The molecule has 5 rings (SSSR count). The second kappa shape index (κ2) is 14.8. The van der Waals surface area contributed by atoms with Crippen molar-refractivity contribution in [2.24, 2.45) is 0 Å². The molecule has 0 atom stereocenters. The Morgan fingerprint density at radius 3 is 2.30 bits per heavy atom. The number of pyridine rings is 1. The average Bonchev–Trinajstić information content (AvgIpc) is 3.35. The molecule has 47 heavy (non-hydrogen) atoms. The Morgan fingerprint density at radius 2 is 1.62 bits per heavy atom. The highest BCUT2D eigenvalue weighted by molar-refractivity contribution is 9.10. The molecule has 4 aromatic rings. The van der Waals surface area contributed by atoms with Gasteiger partial charge in [0.1, 0.15) is 5.75 Å². The number of nitrogens with zero attached hydrogens (tertiary/aromatic N) is 2. The molecule has 4 N–H and O–H groups in total. The SMILES string of the molecule is O=C(O)COc1ccc(/C=C2\SC(=S)N(c3ccc(-c4cc(C(=O)NNC(=O)NC(=O)c5ccc(Br)cc5)ccn4)cc3)C2=O)cc1. The van der Waals surface area contributed by atoms with E-state index in [1.807, 2.05) is 0 Å². The van der Waals surface area contributed by atoms with Crippen LogP contribution in [0.5, 0.6) is 5.75 Å². The number of thiocarbonyl (C=S) groups is 1. The van der Waals surface area contributed by atoms with Crippen molar-refractivity contribution in [3.05, 3.63) is 117 Å². The molecule has 0 spiro atoms. The predicted octanol–water partition coefficient (Wildman–Crippen LogP) is 5.16. The summed E-state index contributed by atoms with van der Waals surface area (Å²) in [6, 6.07) is 22.0. The minimum Gasteiger partial charge on any atom is -0.482 e. The summed E-state index contributed by atoms with van der Waals surface area (Å²) in [5.74, 6) is -2.27. The third kappa shape index (κ3) is 8.46. The number of hydrogen-bond acceptors (Lipinski definition) is 9. The number of aliphatic carboxylic acids is 1. The Kier molecular flexibility index (Phi) is 10.4. The monoisotopic (exact) mass is 731 g/mol. The molecule has 1 saturated heterocycles. The molecule has 5 amide bonds. The highest BCUT2D eigenvalue weighted by atomic mass is 79.9. The molecule has 0 bridgehead atoms. The fourth-order valence-corrected chi connectivity index (χ4v) is 5.71. The maximum atomic E-state index is 13.2. The van der Waals surface area contributed by atoms with Crippen molar-refractivity contribution in [2.45, 2.75) is 0 Å². The van der Waals surface area contributed by atoms with E-state index < -0.39 is 30.4 Å². The smallest absolute Gasteiger partial charge is 0.341 e. The number of thioether (sulfide) groups is 1. The first-order valence-electron chi connectivity index (χ1n) is 13.5. The van der Waals surface area contributed by atoms with Crippen molar-refractivity contribution in [3.63, 3.8) is 0 Å².